The van der Waals surface area contributed by atoms with E-state index in [4.69, 9.17) is 9.22 Å². The second-order valence-electron chi connectivity index (χ2n) is 6.61. The van der Waals surface area contributed by atoms with Crippen molar-refractivity contribution in [1.82, 2.24) is 0 Å². The Kier molecular flexibility index (Phi) is 6.70. The average Bonchev–Trinajstić information content (AvgIpc) is 3.22. The molecule has 1 fully saturated rings. The van der Waals surface area contributed by atoms with E-state index in [2.05, 4.69) is 0 Å². The summed E-state index contributed by atoms with van der Waals surface area (Å²) in [4.78, 5) is 36.1. The summed E-state index contributed by atoms with van der Waals surface area (Å²) in [7, 11) is 0. The zero-order valence-corrected chi connectivity index (χ0v) is 17.0. The molecule has 0 radical (unpaired) electrons. The molecular weight excluding hydrogens is 395 g/mol. The van der Waals surface area contributed by atoms with Crippen molar-refractivity contribution < 1.29 is 23.6 Å². The van der Waals surface area contributed by atoms with Crippen LogP contribution in [0.5, 0.6) is 0 Å². The van der Waals surface area contributed by atoms with Gasteiger partial charge in [-0.25, -0.2) is 0 Å². The van der Waals surface area contributed by atoms with Crippen LogP contribution in [-0.4, -0.2) is 37.5 Å². The molecule has 0 aromatic heterocycles. The summed E-state index contributed by atoms with van der Waals surface area (Å²) in [5.74, 6) is -2.54. The van der Waals surface area contributed by atoms with Gasteiger partial charge in [-0.15, -0.1) is 0 Å². The standard InChI is InChI=1S/3C4H8O2.C3H5.Sn/c3*1-3(2)4(5)6;1-2-3-1;/h3*3H,1-2H3,(H,5,6);1H,2-3H2;/q;;;;+3/p-3. The number of hydrogen-bond acceptors (Lipinski definition) is 6. The molecule has 22 heavy (non-hydrogen) atoms. The van der Waals surface area contributed by atoms with Gasteiger partial charge < -0.3 is 0 Å². The molecule has 1 rings (SSSR count). The van der Waals surface area contributed by atoms with Gasteiger partial charge in [-0.05, 0) is 0 Å². The Morgan fingerprint density at radius 3 is 1.18 bits per heavy atom. The summed E-state index contributed by atoms with van der Waals surface area (Å²) in [6.07, 6.45) is 1.52. The van der Waals surface area contributed by atoms with E-state index in [0.717, 1.165) is 12.8 Å². The fraction of sp³-hybridized carbons (Fsp3) is 0.800. The third-order valence-corrected chi connectivity index (χ3v) is 11.9. The fourth-order valence-electron chi connectivity index (χ4n) is 1.52. The van der Waals surface area contributed by atoms with Crippen molar-refractivity contribution in [2.45, 2.75) is 58.3 Å². The summed E-state index contributed by atoms with van der Waals surface area (Å²) >= 11 is -4.59. The van der Waals surface area contributed by atoms with Gasteiger partial charge in [-0.2, -0.15) is 0 Å². The number of carbonyl (C=O) groups is 3. The molecule has 0 unspecified atom stereocenters. The van der Waals surface area contributed by atoms with Crippen molar-refractivity contribution in [1.29, 1.82) is 0 Å². The zero-order valence-electron chi connectivity index (χ0n) is 14.2. The molecule has 7 heteroatoms. The predicted molar refractivity (Wildman–Crippen MR) is 81.5 cm³/mol. The second-order valence-corrected chi connectivity index (χ2v) is 14.1. The van der Waals surface area contributed by atoms with E-state index in [1.165, 1.54) is 0 Å². The van der Waals surface area contributed by atoms with Crippen LogP contribution in [0.3, 0.4) is 0 Å². The van der Waals surface area contributed by atoms with Crippen LogP contribution < -0.4 is 0 Å². The second kappa shape index (κ2) is 7.66. The van der Waals surface area contributed by atoms with Gasteiger partial charge in [0.15, 0.2) is 0 Å². The van der Waals surface area contributed by atoms with Gasteiger partial charge in [-0.1, -0.05) is 0 Å². The number of hydrogen-bond donors (Lipinski definition) is 0. The van der Waals surface area contributed by atoms with Crippen LogP contribution in [0.25, 0.3) is 0 Å². The number of carbonyl (C=O) groups excluding carboxylic acids is 3. The third-order valence-electron chi connectivity index (χ3n) is 3.22. The van der Waals surface area contributed by atoms with E-state index >= 15 is 0 Å². The molecule has 0 aliphatic heterocycles. The van der Waals surface area contributed by atoms with Crippen molar-refractivity contribution in [3.05, 3.63) is 0 Å². The minimum absolute atomic E-state index is 0.0950. The zero-order chi connectivity index (χ0) is 17.1. The molecule has 0 atom stereocenters. The first kappa shape index (κ1) is 19.3. The van der Waals surface area contributed by atoms with Crippen molar-refractivity contribution in [3.63, 3.8) is 0 Å². The van der Waals surface area contributed by atoms with E-state index in [-0.39, 0.29) is 21.7 Å². The topological polar surface area (TPSA) is 78.9 Å². The summed E-state index contributed by atoms with van der Waals surface area (Å²) in [6.45, 7) is 10.2. The predicted octanol–water partition coefficient (Wildman–Crippen LogP) is 2.69. The van der Waals surface area contributed by atoms with Crippen LogP contribution in [0.1, 0.15) is 54.4 Å². The van der Waals surface area contributed by atoms with Gasteiger partial charge in [0.05, 0.1) is 0 Å². The van der Waals surface area contributed by atoms with E-state index < -0.39 is 37.5 Å². The maximum atomic E-state index is 12.0. The molecule has 1 aliphatic carbocycles. The van der Waals surface area contributed by atoms with Crippen LogP contribution in [0.15, 0.2) is 0 Å². The minimum atomic E-state index is -4.59. The Morgan fingerprint density at radius 1 is 0.727 bits per heavy atom. The van der Waals surface area contributed by atoms with Gasteiger partial charge in [0.1, 0.15) is 0 Å². The summed E-state index contributed by atoms with van der Waals surface area (Å²) in [5.41, 5.74) is 0. The molecule has 0 saturated heterocycles. The van der Waals surface area contributed by atoms with Gasteiger partial charge in [0.2, 0.25) is 0 Å². The van der Waals surface area contributed by atoms with Gasteiger partial charge in [-0.3, -0.25) is 0 Å². The monoisotopic (exact) mass is 422 g/mol. The molecule has 0 aromatic rings. The summed E-state index contributed by atoms with van der Waals surface area (Å²) < 4.78 is 16.6. The van der Waals surface area contributed by atoms with Crippen LogP contribution in [0, 0.1) is 17.8 Å². The molecule has 0 spiro atoms. The molecule has 6 nitrogen and oxygen atoms in total. The molecule has 0 bridgehead atoms. The third kappa shape index (κ3) is 5.14. The van der Waals surface area contributed by atoms with Crippen molar-refractivity contribution in [2.75, 3.05) is 0 Å². The van der Waals surface area contributed by atoms with Crippen LogP contribution in [-0.2, 0) is 23.6 Å². The molecule has 0 amide bonds. The average molecular weight is 421 g/mol. The molecule has 1 saturated carbocycles. The van der Waals surface area contributed by atoms with Gasteiger partial charge >= 0.3 is 137 Å². The SMILES string of the molecule is CC(C)C(=O)[O][Sn]([O]C(=O)C(C)C)([O]C(=O)C(C)C)[CH]1CC1. The van der Waals surface area contributed by atoms with Gasteiger partial charge in [0.25, 0.3) is 0 Å². The Labute approximate surface area is 137 Å². The molecular formula is C15H26O6Sn. The van der Waals surface area contributed by atoms with Crippen LogP contribution in [0.4, 0.5) is 0 Å². The molecule has 126 valence electrons. The maximum absolute atomic E-state index is 12.0. The Balaban J connectivity index is 3.05. The van der Waals surface area contributed by atoms with Crippen LogP contribution >= 0.6 is 0 Å². The summed E-state index contributed by atoms with van der Waals surface area (Å²) in [5, 5.41) is 0. The summed E-state index contributed by atoms with van der Waals surface area (Å²) in [6, 6.07) is 0. The molecule has 0 N–H and O–H groups in total. The van der Waals surface area contributed by atoms with E-state index in [1.54, 1.807) is 41.5 Å². The van der Waals surface area contributed by atoms with Crippen LogP contribution in [0.2, 0.25) is 3.93 Å². The first-order valence-electron chi connectivity index (χ1n) is 7.77. The Morgan fingerprint density at radius 2 is 1.00 bits per heavy atom. The van der Waals surface area contributed by atoms with Crippen molar-refractivity contribution in [3.8, 4) is 0 Å². The fourth-order valence-corrected chi connectivity index (χ4v) is 10.2. The van der Waals surface area contributed by atoms with Gasteiger partial charge in [0, 0.05) is 0 Å². The molecule has 1 aliphatic rings. The Hall–Kier alpha value is -0.791. The molecule has 0 aromatic carbocycles. The van der Waals surface area contributed by atoms with Crippen molar-refractivity contribution >= 4 is 37.5 Å². The first-order valence-corrected chi connectivity index (χ1v) is 12.9. The normalized spacial score (nSPS) is 15.1. The number of rotatable bonds is 7. The van der Waals surface area contributed by atoms with E-state index in [0.29, 0.717) is 0 Å². The molecule has 0 heterocycles. The van der Waals surface area contributed by atoms with E-state index in [1.807, 2.05) is 0 Å². The van der Waals surface area contributed by atoms with Crippen molar-refractivity contribution in [2.24, 2.45) is 17.8 Å². The van der Waals surface area contributed by atoms with E-state index in [9.17, 15) is 14.4 Å². The quantitative estimate of drug-likeness (QED) is 0.589. The first-order chi connectivity index (χ1) is 10.1. The Bertz CT molecular complexity index is 384.